The molecule has 1 fully saturated rings. The summed E-state index contributed by atoms with van der Waals surface area (Å²) in [5, 5.41) is 18.3. The van der Waals surface area contributed by atoms with Gasteiger partial charge in [0.2, 0.25) is 0 Å². The molecule has 0 aromatic carbocycles. The molecule has 0 aromatic rings. The Labute approximate surface area is 87.8 Å². The Morgan fingerprint density at radius 1 is 1.53 bits per heavy atom. The first-order valence-electron chi connectivity index (χ1n) is 4.53. The van der Waals surface area contributed by atoms with Crippen LogP contribution in [0.25, 0.3) is 0 Å². The topological polar surface area (TPSA) is 96.2 Å². The van der Waals surface area contributed by atoms with Gasteiger partial charge in [0.25, 0.3) is 0 Å². The van der Waals surface area contributed by atoms with Crippen molar-refractivity contribution < 1.29 is 28.9 Å². The molecule has 2 aliphatic rings. The summed E-state index contributed by atoms with van der Waals surface area (Å²) in [6, 6.07) is 0. The monoisotopic (exact) mass is 232 g/mol. The molecule has 1 spiro atoms. The minimum absolute atomic E-state index is 0.216. The number of aliphatic hydroxyl groups excluding tert-OH is 2. The summed E-state index contributed by atoms with van der Waals surface area (Å²) >= 11 is 0. The predicted molar refractivity (Wildman–Crippen MR) is 52.8 cm³/mol. The second kappa shape index (κ2) is 3.58. The van der Waals surface area contributed by atoms with Crippen molar-refractivity contribution in [3.8, 4) is 0 Å². The van der Waals surface area contributed by atoms with Crippen molar-refractivity contribution in [3.05, 3.63) is 0 Å². The van der Waals surface area contributed by atoms with Crippen molar-refractivity contribution in [1.29, 1.82) is 0 Å². The van der Waals surface area contributed by atoms with Gasteiger partial charge in [0.15, 0.2) is 0 Å². The van der Waals surface area contributed by atoms with Crippen LogP contribution >= 0.6 is 7.60 Å². The maximum atomic E-state index is 10.9. The van der Waals surface area contributed by atoms with E-state index in [4.69, 9.17) is 9.63 Å². The van der Waals surface area contributed by atoms with E-state index in [1.807, 2.05) is 0 Å². The third kappa shape index (κ3) is 2.30. The second-order valence-corrected chi connectivity index (χ2v) is 5.74. The van der Waals surface area contributed by atoms with Crippen molar-refractivity contribution >= 4 is 21.2 Å². The van der Waals surface area contributed by atoms with Crippen LogP contribution in [0.2, 0.25) is 0 Å². The summed E-state index contributed by atoms with van der Waals surface area (Å²) in [6.45, 7) is 4.10. The van der Waals surface area contributed by atoms with Gasteiger partial charge in [-0.05, 0) is 0 Å². The van der Waals surface area contributed by atoms with E-state index in [2.05, 4.69) is 4.52 Å². The maximum absolute atomic E-state index is 10.9. The van der Waals surface area contributed by atoms with Crippen molar-refractivity contribution in [2.75, 3.05) is 13.3 Å². The molecule has 4 atom stereocenters. The van der Waals surface area contributed by atoms with E-state index >= 15 is 0 Å². The van der Waals surface area contributed by atoms with E-state index in [-0.39, 0.29) is 6.61 Å². The van der Waals surface area contributed by atoms with Crippen molar-refractivity contribution in [1.82, 2.24) is 0 Å². The predicted octanol–water partition coefficient (Wildman–Crippen LogP) is -2.07. The van der Waals surface area contributed by atoms with Gasteiger partial charge in [-0.2, -0.15) is 0 Å². The molecule has 82 valence electrons. The van der Waals surface area contributed by atoms with E-state index in [9.17, 15) is 14.8 Å². The molecule has 0 aromatic heterocycles. The van der Waals surface area contributed by atoms with Crippen LogP contribution in [-0.4, -0.2) is 65.7 Å². The summed E-state index contributed by atoms with van der Waals surface area (Å²) in [6.07, 6.45) is -2.91. The van der Waals surface area contributed by atoms with E-state index in [1.54, 1.807) is 13.6 Å². The van der Waals surface area contributed by atoms with E-state index < -0.39 is 31.3 Å². The molecule has 2 heterocycles. The first-order valence-corrected chi connectivity index (χ1v) is 6.56. The van der Waals surface area contributed by atoms with Gasteiger partial charge in [-0.3, -0.25) is 0 Å². The van der Waals surface area contributed by atoms with Crippen molar-refractivity contribution in [2.24, 2.45) is 0 Å². The number of hydrogen-bond acceptors (Lipinski definition) is 5. The standard InChI is InChI=1S/C6H11B2O6P/c1-15(11,12)13-2-3-4(9)5(10)6(14-3)7-8-6/h3-5,9-10H,2H2,1H3,(H,11,12). The Morgan fingerprint density at radius 3 is 2.53 bits per heavy atom. The summed E-state index contributed by atoms with van der Waals surface area (Å²) in [5.74, 6) is 0. The molecule has 3 N–H and O–H groups in total. The summed E-state index contributed by atoms with van der Waals surface area (Å²) in [4.78, 5) is 8.89. The van der Waals surface area contributed by atoms with Gasteiger partial charge in [0, 0.05) is 0 Å². The molecule has 4 unspecified atom stereocenters. The van der Waals surface area contributed by atoms with Crippen LogP contribution in [0.5, 0.6) is 0 Å². The van der Waals surface area contributed by atoms with Gasteiger partial charge in [-0.1, -0.05) is 0 Å². The number of hydrogen-bond donors (Lipinski definition) is 3. The third-order valence-corrected chi connectivity index (χ3v) is 3.12. The van der Waals surface area contributed by atoms with Crippen LogP contribution in [0.4, 0.5) is 0 Å². The zero-order valence-electron chi connectivity index (χ0n) is 8.11. The molecule has 0 bridgehead atoms. The molecule has 2 aliphatic heterocycles. The van der Waals surface area contributed by atoms with Crippen LogP contribution < -0.4 is 0 Å². The van der Waals surface area contributed by atoms with Gasteiger partial charge in [0.05, 0.1) is 0 Å². The zero-order valence-corrected chi connectivity index (χ0v) is 9.00. The molecular weight excluding hydrogens is 221 g/mol. The molecular formula is C6H11B2O6P. The van der Waals surface area contributed by atoms with Crippen LogP contribution in [0.15, 0.2) is 0 Å². The quantitative estimate of drug-likeness (QED) is 0.382. The first-order chi connectivity index (χ1) is 6.84. The molecule has 0 radical (unpaired) electrons. The van der Waals surface area contributed by atoms with Gasteiger partial charge >= 0.3 is 87.1 Å². The Morgan fingerprint density at radius 2 is 2.13 bits per heavy atom. The van der Waals surface area contributed by atoms with E-state index in [1.165, 1.54) is 0 Å². The Bertz CT molecular complexity index is 335. The van der Waals surface area contributed by atoms with Crippen LogP contribution in [0, 0.1) is 0 Å². The average Bonchev–Trinajstić information content (AvgIpc) is 2.85. The Hall–Kier alpha value is 0.160. The molecule has 0 saturated carbocycles. The van der Waals surface area contributed by atoms with Gasteiger partial charge in [0.1, 0.15) is 0 Å². The average molecular weight is 232 g/mol. The summed E-state index contributed by atoms with van der Waals surface area (Å²) < 4.78 is 20.8. The zero-order chi connectivity index (χ0) is 11.3. The number of aliphatic hydroxyl groups is 2. The molecule has 0 amide bonds. The van der Waals surface area contributed by atoms with Crippen molar-refractivity contribution in [2.45, 2.75) is 23.7 Å². The molecule has 0 aliphatic carbocycles. The van der Waals surface area contributed by atoms with Gasteiger partial charge in [-0.15, -0.1) is 0 Å². The molecule has 6 nitrogen and oxygen atoms in total. The number of rotatable bonds is 3. The fraction of sp³-hybridized carbons (Fsp3) is 1.00. The summed E-state index contributed by atoms with van der Waals surface area (Å²) in [5.41, 5.74) is 0. The minimum atomic E-state index is -3.58. The van der Waals surface area contributed by atoms with Gasteiger partial charge in [-0.25, -0.2) is 0 Å². The summed E-state index contributed by atoms with van der Waals surface area (Å²) in [7, 11) is -3.58. The van der Waals surface area contributed by atoms with E-state index in [0.29, 0.717) is 0 Å². The first kappa shape index (κ1) is 11.6. The van der Waals surface area contributed by atoms with Crippen LogP contribution in [0.3, 0.4) is 0 Å². The van der Waals surface area contributed by atoms with Gasteiger partial charge < -0.3 is 0 Å². The molecule has 1 saturated heterocycles. The number of ether oxygens (including phenoxy) is 1. The molecule has 9 heteroatoms. The normalized spacial score (nSPS) is 39.6. The Kier molecular flexibility index (Phi) is 2.78. The Balaban J connectivity index is 1.92. The second-order valence-electron chi connectivity index (χ2n) is 3.88. The molecule has 2 rings (SSSR count). The SMILES string of the molecule is CP(=O)(O)OCC1OC2(B=B2)C(O)C1O. The fourth-order valence-electron chi connectivity index (χ4n) is 1.57. The van der Waals surface area contributed by atoms with Crippen molar-refractivity contribution in [3.63, 3.8) is 0 Å². The fourth-order valence-corrected chi connectivity index (χ4v) is 2.00. The van der Waals surface area contributed by atoms with Crippen LogP contribution in [-0.2, 0) is 13.8 Å². The van der Waals surface area contributed by atoms with E-state index in [0.717, 1.165) is 6.66 Å². The third-order valence-electron chi connectivity index (χ3n) is 2.50. The van der Waals surface area contributed by atoms with Crippen LogP contribution in [0.1, 0.15) is 0 Å². The molecule has 15 heavy (non-hydrogen) atoms.